The Morgan fingerprint density at radius 3 is 1.77 bits per heavy atom. The Balaban J connectivity index is 2.85. The average Bonchev–Trinajstić information content (AvgIpc) is 2.16. The van der Waals surface area contributed by atoms with Gasteiger partial charge < -0.3 is 4.74 Å². The van der Waals surface area contributed by atoms with Crippen molar-refractivity contribution < 1.29 is 4.74 Å². The van der Waals surface area contributed by atoms with Crippen molar-refractivity contribution in [2.75, 3.05) is 24.7 Å². The van der Waals surface area contributed by atoms with Crippen LogP contribution >= 0.6 is 23.5 Å². The predicted molar refractivity (Wildman–Crippen MR) is 56.2 cm³/mol. The Kier molecular flexibility index (Phi) is 11.3. The van der Waals surface area contributed by atoms with Gasteiger partial charge in [0.15, 0.2) is 0 Å². The molecule has 3 nitrogen and oxygen atoms in total. The van der Waals surface area contributed by atoms with E-state index in [1.165, 1.54) is 23.5 Å². The highest BCUT2D eigenvalue weighted by atomic mass is 32.2. The van der Waals surface area contributed by atoms with Crippen molar-refractivity contribution >= 4 is 23.5 Å². The first kappa shape index (κ1) is 12.6. The maximum atomic E-state index is 8.20. The second-order valence-corrected chi connectivity index (χ2v) is 3.96. The fourth-order valence-corrected chi connectivity index (χ4v) is 1.37. The summed E-state index contributed by atoms with van der Waals surface area (Å²) in [5, 5.41) is 20.4. The van der Waals surface area contributed by atoms with Gasteiger partial charge in [-0.25, -0.2) is 0 Å². The van der Waals surface area contributed by atoms with E-state index in [1.807, 2.05) is 10.8 Å². The van der Waals surface area contributed by atoms with Crippen molar-refractivity contribution in [2.24, 2.45) is 0 Å². The zero-order chi connectivity index (χ0) is 9.78. The number of hydrogen-bond acceptors (Lipinski definition) is 5. The molecular weight excluding hydrogens is 204 g/mol. The number of ether oxygens (including phenoxy) is 1. The van der Waals surface area contributed by atoms with Crippen LogP contribution in [0.4, 0.5) is 0 Å². The molecule has 0 fully saturated rings. The van der Waals surface area contributed by atoms with Crippen LogP contribution in [0.3, 0.4) is 0 Å². The van der Waals surface area contributed by atoms with E-state index < -0.39 is 0 Å². The molecule has 0 saturated heterocycles. The molecule has 0 aliphatic carbocycles. The van der Waals surface area contributed by atoms with Crippen LogP contribution in [0, 0.1) is 21.3 Å². The Morgan fingerprint density at radius 2 is 1.38 bits per heavy atom. The molecule has 13 heavy (non-hydrogen) atoms. The maximum absolute atomic E-state index is 8.20. The van der Waals surface area contributed by atoms with E-state index >= 15 is 0 Å². The van der Waals surface area contributed by atoms with E-state index in [0.29, 0.717) is 13.2 Å². The normalized spacial score (nSPS) is 9.08. The van der Waals surface area contributed by atoms with Gasteiger partial charge in [0.05, 0.1) is 0 Å². The lowest BCUT2D eigenvalue weighted by atomic mass is 10.5. The molecule has 5 heteroatoms. The smallest absolute Gasteiger partial charge is 0.133 e. The van der Waals surface area contributed by atoms with Crippen LogP contribution in [0.2, 0.25) is 0 Å². The van der Waals surface area contributed by atoms with E-state index in [2.05, 4.69) is 0 Å². The maximum Gasteiger partial charge on any atom is 0.133 e. The van der Waals surface area contributed by atoms with Crippen molar-refractivity contribution in [3.63, 3.8) is 0 Å². The van der Waals surface area contributed by atoms with Crippen LogP contribution in [-0.2, 0) is 4.74 Å². The summed E-state index contributed by atoms with van der Waals surface area (Å²) in [6, 6.07) is 0. The molecule has 0 saturated carbocycles. The summed E-state index contributed by atoms with van der Waals surface area (Å²) in [6.07, 6.45) is 1.84. The number of rotatable bonds is 8. The topological polar surface area (TPSA) is 56.8 Å². The molecule has 0 radical (unpaired) electrons. The number of nitriles is 2. The zero-order valence-corrected chi connectivity index (χ0v) is 8.99. The Labute approximate surface area is 87.4 Å². The Bertz CT molecular complexity index is 166. The van der Waals surface area contributed by atoms with Crippen molar-refractivity contribution in [3.05, 3.63) is 0 Å². The quantitative estimate of drug-likeness (QED) is 0.460. The lowest BCUT2D eigenvalue weighted by Crippen LogP contribution is -1.98. The van der Waals surface area contributed by atoms with Crippen molar-refractivity contribution in [1.29, 1.82) is 10.5 Å². The van der Waals surface area contributed by atoms with Crippen LogP contribution < -0.4 is 0 Å². The third-order valence-corrected chi connectivity index (χ3v) is 2.44. The molecule has 0 aromatic heterocycles. The van der Waals surface area contributed by atoms with Gasteiger partial charge in [0.2, 0.25) is 0 Å². The highest BCUT2D eigenvalue weighted by molar-refractivity contribution is 8.03. The fraction of sp³-hybridized carbons (Fsp3) is 0.750. The molecule has 72 valence electrons. The van der Waals surface area contributed by atoms with E-state index in [4.69, 9.17) is 15.3 Å². The van der Waals surface area contributed by atoms with Gasteiger partial charge in [-0.05, 0) is 36.4 Å². The van der Waals surface area contributed by atoms with Crippen LogP contribution in [-0.4, -0.2) is 24.7 Å². The van der Waals surface area contributed by atoms with Crippen LogP contribution in [0.25, 0.3) is 0 Å². The van der Waals surface area contributed by atoms with Gasteiger partial charge in [-0.3, -0.25) is 0 Å². The molecule has 0 rings (SSSR count). The monoisotopic (exact) mass is 216 g/mol. The average molecular weight is 216 g/mol. The Hall–Kier alpha value is -0.360. The first-order valence-electron chi connectivity index (χ1n) is 4.01. The van der Waals surface area contributed by atoms with E-state index in [0.717, 1.165) is 24.3 Å². The molecule has 0 aliphatic heterocycles. The molecule has 0 N–H and O–H groups in total. The minimum atomic E-state index is 0.714. The first-order valence-corrected chi connectivity index (χ1v) is 5.98. The fourth-order valence-electron chi connectivity index (χ4n) is 0.660. The first-order chi connectivity index (χ1) is 6.41. The van der Waals surface area contributed by atoms with Gasteiger partial charge in [0.1, 0.15) is 10.8 Å². The van der Waals surface area contributed by atoms with Gasteiger partial charge in [-0.2, -0.15) is 10.5 Å². The molecule has 0 aromatic rings. The molecule has 0 unspecified atom stereocenters. The van der Waals surface area contributed by atoms with Gasteiger partial charge >= 0.3 is 0 Å². The molecular formula is C8H12N2OS2. The number of hydrogen-bond donors (Lipinski definition) is 0. The summed E-state index contributed by atoms with van der Waals surface area (Å²) >= 11 is 2.52. The molecule has 0 heterocycles. The summed E-state index contributed by atoms with van der Waals surface area (Å²) in [6.45, 7) is 1.43. The molecule has 0 atom stereocenters. The van der Waals surface area contributed by atoms with Crippen LogP contribution in [0.5, 0.6) is 0 Å². The lowest BCUT2D eigenvalue weighted by Gasteiger charge is -2.00. The largest absolute Gasteiger partial charge is 0.381 e. The molecule has 0 bridgehead atoms. The molecule has 0 amide bonds. The van der Waals surface area contributed by atoms with Crippen LogP contribution in [0.1, 0.15) is 12.8 Å². The van der Waals surface area contributed by atoms with Crippen molar-refractivity contribution in [1.82, 2.24) is 0 Å². The summed E-state index contributed by atoms with van der Waals surface area (Å²) < 4.78 is 5.28. The van der Waals surface area contributed by atoms with E-state index in [1.54, 1.807) is 0 Å². The SMILES string of the molecule is N#CSCCCOCCCSC#N. The minimum absolute atomic E-state index is 0.714. The highest BCUT2D eigenvalue weighted by Gasteiger charge is 1.90. The van der Waals surface area contributed by atoms with Crippen molar-refractivity contribution in [2.45, 2.75) is 12.8 Å². The van der Waals surface area contributed by atoms with Crippen LogP contribution in [0.15, 0.2) is 0 Å². The third-order valence-electron chi connectivity index (χ3n) is 1.20. The minimum Gasteiger partial charge on any atom is -0.381 e. The zero-order valence-electron chi connectivity index (χ0n) is 7.36. The standard InChI is InChI=1S/C8H12N2OS2/c9-7-12-5-1-3-11-4-2-6-13-8-10/h1-6H2. The van der Waals surface area contributed by atoms with Crippen molar-refractivity contribution in [3.8, 4) is 10.8 Å². The second-order valence-electron chi connectivity index (χ2n) is 2.20. The van der Waals surface area contributed by atoms with E-state index in [9.17, 15) is 0 Å². The highest BCUT2D eigenvalue weighted by Crippen LogP contribution is 2.01. The summed E-state index contributed by atoms with van der Waals surface area (Å²) in [7, 11) is 0. The third kappa shape index (κ3) is 11.6. The van der Waals surface area contributed by atoms with E-state index in [-0.39, 0.29) is 0 Å². The van der Waals surface area contributed by atoms with Gasteiger partial charge in [-0.1, -0.05) is 0 Å². The van der Waals surface area contributed by atoms with Gasteiger partial charge in [0, 0.05) is 24.7 Å². The molecule has 0 aliphatic rings. The predicted octanol–water partition coefficient (Wildman–Crippen LogP) is 2.21. The number of thioether (sulfide) groups is 2. The lowest BCUT2D eigenvalue weighted by molar-refractivity contribution is 0.137. The van der Waals surface area contributed by atoms with Gasteiger partial charge in [0.25, 0.3) is 0 Å². The second kappa shape index (κ2) is 11.6. The molecule has 0 spiro atoms. The summed E-state index contributed by atoms with van der Waals surface area (Å²) in [4.78, 5) is 0. The summed E-state index contributed by atoms with van der Waals surface area (Å²) in [5.74, 6) is 1.67. The molecule has 0 aromatic carbocycles. The number of nitrogens with zero attached hydrogens (tertiary/aromatic N) is 2. The summed E-state index contributed by atoms with van der Waals surface area (Å²) in [5.41, 5.74) is 0. The Morgan fingerprint density at radius 1 is 0.923 bits per heavy atom. The van der Waals surface area contributed by atoms with Gasteiger partial charge in [-0.15, -0.1) is 0 Å². The number of thiocyanates is 2.